The first kappa shape index (κ1) is 11.7. The molecule has 1 aliphatic rings. The Morgan fingerprint density at radius 3 is 2.94 bits per heavy atom. The van der Waals surface area contributed by atoms with Crippen LogP contribution in [-0.4, -0.2) is 12.5 Å². The van der Waals surface area contributed by atoms with Crippen molar-refractivity contribution in [3.8, 4) is 10.4 Å². The fourth-order valence-corrected chi connectivity index (χ4v) is 3.55. The van der Waals surface area contributed by atoms with E-state index in [1.54, 1.807) is 11.3 Å². The highest BCUT2D eigenvalue weighted by Gasteiger charge is 2.20. The van der Waals surface area contributed by atoms with Gasteiger partial charge in [0.15, 0.2) is 6.29 Å². The molecular weight excluding hydrogens is 266 g/mol. The van der Waals surface area contributed by atoms with Crippen LogP contribution in [0.2, 0.25) is 5.02 Å². The maximum absolute atomic E-state index is 6.25. The predicted octanol–water partition coefficient (Wildman–Crippen LogP) is 3.46. The second-order valence-electron chi connectivity index (χ2n) is 4.15. The van der Waals surface area contributed by atoms with E-state index < -0.39 is 0 Å². The largest absolute Gasteiger partial charge is 0.343 e. The monoisotopic (exact) mass is 277 g/mol. The number of nitrogens with one attached hydrogen (secondary N) is 1. The zero-order valence-corrected chi connectivity index (χ0v) is 11.3. The van der Waals surface area contributed by atoms with Gasteiger partial charge in [0.2, 0.25) is 0 Å². The number of aliphatic imine (C=N–C) groups is 1. The second kappa shape index (κ2) is 4.39. The topological polar surface area (TPSA) is 50.4 Å². The minimum absolute atomic E-state index is 0.352. The average molecular weight is 278 g/mol. The molecule has 1 aromatic heterocycles. The van der Waals surface area contributed by atoms with Gasteiger partial charge in [-0.3, -0.25) is 10.7 Å². The Labute approximate surface area is 114 Å². The molecule has 0 saturated heterocycles. The number of nitrogens with zero attached hydrogens (tertiary/aromatic N) is 1. The zero-order chi connectivity index (χ0) is 12.7. The smallest absolute Gasteiger partial charge is 0.171 e. The quantitative estimate of drug-likeness (QED) is 0.839. The van der Waals surface area contributed by atoms with Crippen LogP contribution < -0.4 is 11.1 Å². The van der Waals surface area contributed by atoms with Crippen molar-refractivity contribution in [2.45, 2.75) is 13.2 Å². The lowest BCUT2D eigenvalue weighted by Crippen LogP contribution is -2.29. The Kier molecular flexibility index (Phi) is 2.86. The van der Waals surface area contributed by atoms with Gasteiger partial charge >= 0.3 is 0 Å². The first-order chi connectivity index (χ1) is 8.66. The van der Waals surface area contributed by atoms with Gasteiger partial charge in [-0.2, -0.15) is 0 Å². The number of nitrogens with two attached hydrogens (primary N) is 1. The molecule has 1 aromatic carbocycles. The molecule has 5 heteroatoms. The molecule has 0 radical (unpaired) electrons. The number of thiophene rings is 1. The van der Waals surface area contributed by atoms with E-state index in [0.29, 0.717) is 0 Å². The molecule has 3 rings (SSSR count). The molecule has 0 amide bonds. The summed E-state index contributed by atoms with van der Waals surface area (Å²) in [6.45, 7) is 2.08. The summed E-state index contributed by atoms with van der Waals surface area (Å²) in [5.41, 5.74) is 9.10. The van der Waals surface area contributed by atoms with Gasteiger partial charge in [-0.25, -0.2) is 0 Å². The van der Waals surface area contributed by atoms with Crippen molar-refractivity contribution in [3.05, 3.63) is 40.4 Å². The molecule has 1 unspecified atom stereocenters. The van der Waals surface area contributed by atoms with E-state index in [1.807, 2.05) is 30.5 Å². The van der Waals surface area contributed by atoms with Gasteiger partial charge in [-0.1, -0.05) is 29.8 Å². The lowest BCUT2D eigenvalue weighted by atomic mass is 10.1. The fourth-order valence-electron chi connectivity index (χ4n) is 2.02. The van der Waals surface area contributed by atoms with Crippen LogP contribution in [0.1, 0.15) is 11.1 Å². The van der Waals surface area contributed by atoms with Crippen LogP contribution in [-0.2, 0) is 0 Å². The molecule has 2 heterocycles. The van der Waals surface area contributed by atoms with Gasteiger partial charge in [-0.05, 0) is 18.6 Å². The molecule has 18 heavy (non-hydrogen) atoms. The summed E-state index contributed by atoms with van der Waals surface area (Å²) in [5, 5.41) is 4.99. The van der Waals surface area contributed by atoms with E-state index in [0.717, 1.165) is 21.2 Å². The van der Waals surface area contributed by atoms with Crippen molar-refractivity contribution in [2.24, 2.45) is 10.7 Å². The normalized spacial score (nSPS) is 17.4. The van der Waals surface area contributed by atoms with Gasteiger partial charge in [0.1, 0.15) is 5.00 Å². The summed E-state index contributed by atoms with van der Waals surface area (Å²) in [4.78, 5) is 5.34. The first-order valence-electron chi connectivity index (χ1n) is 5.60. The standard InChI is InChI=1S/C13H12ClN3S/c1-7-9-6-16-13(15)17-12(9)18-11(7)8-4-2-3-5-10(8)14/h2-6,13,17H,15H2,1H3. The highest BCUT2D eigenvalue weighted by atomic mass is 35.5. The third-order valence-electron chi connectivity index (χ3n) is 2.96. The third kappa shape index (κ3) is 1.82. The lowest BCUT2D eigenvalue weighted by molar-refractivity contribution is 0.810. The number of anilines is 1. The molecule has 0 spiro atoms. The maximum Gasteiger partial charge on any atom is 0.171 e. The summed E-state index contributed by atoms with van der Waals surface area (Å²) < 4.78 is 0. The number of benzene rings is 1. The summed E-state index contributed by atoms with van der Waals surface area (Å²) in [7, 11) is 0. The van der Waals surface area contributed by atoms with E-state index >= 15 is 0 Å². The SMILES string of the molecule is Cc1c(-c2ccccc2Cl)sc2c1C=NC(N)N2. The lowest BCUT2D eigenvalue weighted by Gasteiger charge is -2.14. The van der Waals surface area contributed by atoms with Crippen molar-refractivity contribution in [1.82, 2.24) is 0 Å². The summed E-state index contributed by atoms with van der Waals surface area (Å²) >= 11 is 7.92. The molecule has 0 aliphatic carbocycles. The number of hydrogen-bond acceptors (Lipinski definition) is 4. The summed E-state index contributed by atoms with van der Waals surface area (Å²) in [6.07, 6.45) is 1.48. The van der Waals surface area contributed by atoms with E-state index in [4.69, 9.17) is 17.3 Å². The van der Waals surface area contributed by atoms with Crippen molar-refractivity contribution < 1.29 is 0 Å². The van der Waals surface area contributed by atoms with Crippen LogP contribution in [0.3, 0.4) is 0 Å². The van der Waals surface area contributed by atoms with Crippen LogP contribution in [0, 0.1) is 6.92 Å². The predicted molar refractivity (Wildman–Crippen MR) is 78.7 cm³/mol. The molecule has 3 nitrogen and oxygen atoms in total. The Balaban J connectivity index is 2.16. The Morgan fingerprint density at radius 1 is 1.39 bits per heavy atom. The van der Waals surface area contributed by atoms with Gasteiger partial charge in [-0.15, -0.1) is 11.3 Å². The zero-order valence-electron chi connectivity index (χ0n) is 9.77. The highest BCUT2D eigenvalue weighted by Crippen LogP contribution is 2.42. The van der Waals surface area contributed by atoms with Crippen molar-refractivity contribution in [3.63, 3.8) is 0 Å². The molecule has 92 valence electrons. The van der Waals surface area contributed by atoms with Crippen molar-refractivity contribution in [2.75, 3.05) is 5.32 Å². The Morgan fingerprint density at radius 2 is 2.17 bits per heavy atom. The van der Waals surface area contributed by atoms with E-state index in [9.17, 15) is 0 Å². The van der Waals surface area contributed by atoms with E-state index in [1.165, 1.54) is 10.4 Å². The Bertz CT molecular complexity index is 633. The molecule has 3 N–H and O–H groups in total. The van der Waals surface area contributed by atoms with Crippen LogP contribution in [0.5, 0.6) is 0 Å². The van der Waals surface area contributed by atoms with Crippen molar-refractivity contribution in [1.29, 1.82) is 0 Å². The maximum atomic E-state index is 6.25. The number of halogens is 1. The van der Waals surface area contributed by atoms with Gasteiger partial charge in [0.25, 0.3) is 0 Å². The summed E-state index contributed by atoms with van der Waals surface area (Å²) in [6, 6.07) is 7.86. The third-order valence-corrected chi connectivity index (χ3v) is 4.56. The minimum Gasteiger partial charge on any atom is -0.343 e. The molecule has 0 fully saturated rings. The van der Waals surface area contributed by atoms with Crippen LogP contribution in [0.25, 0.3) is 10.4 Å². The first-order valence-corrected chi connectivity index (χ1v) is 6.80. The van der Waals surface area contributed by atoms with Crippen molar-refractivity contribution >= 4 is 34.2 Å². The highest BCUT2D eigenvalue weighted by molar-refractivity contribution is 7.20. The average Bonchev–Trinajstić information content (AvgIpc) is 2.67. The number of rotatable bonds is 1. The Hall–Kier alpha value is -1.36. The van der Waals surface area contributed by atoms with Gasteiger partial charge < -0.3 is 5.32 Å². The van der Waals surface area contributed by atoms with E-state index in [-0.39, 0.29) is 6.29 Å². The molecule has 1 aliphatic heterocycles. The molecule has 2 aromatic rings. The number of fused-ring (bicyclic) bond motifs is 1. The van der Waals surface area contributed by atoms with Crippen LogP contribution in [0.15, 0.2) is 29.3 Å². The van der Waals surface area contributed by atoms with Crippen LogP contribution in [0.4, 0.5) is 5.00 Å². The van der Waals surface area contributed by atoms with E-state index in [2.05, 4.69) is 17.2 Å². The number of hydrogen-bond donors (Lipinski definition) is 2. The van der Waals surface area contributed by atoms with Gasteiger partial charge in [0.05, 0.1) is 0 Å². The molecule has 0 saturated carbocycles. The minimum atomic E-state index is -0.352. The second-order valence-corrected chi connectivity index (χ2v) is 5.57. The van der Waals surface area contributed by atoms with Gasteiger partial charge in [0, 0.05) is 27.2 Å². The molecular formula is C13H12ClN3S. The molecule has 1 atom stereocenters. The summed E-state index contributed by atoms with van der Waals surface area (Å²) in [5.74, 6) is 0. The fraction of sp³-hybridized carbons (Fsp3) is 0.154. The van der Waals surface area contributed by atoms with Crippen LogP contribution >= 0.6 is 22.9 Å². The molecule has 0 bridgehead atoms.